The summed E-state index contributed by atoms with van der Waals surface area (Å²) in [4.78, 5) is 0. The largest absolute Gasteiger partial charge is 0.398 e. The zero-order valence-electron chi connectivity index (χ0n) is 9.58. The molecule has 1 aliphatic rings. The van der Waals surface area contributed by atoms with Crippen molar-refractivity contribution in [1.29, 1.82) is 0 Å². The third-order valence-corrected chi connectivity index (χ3v) is 3.86. The third kappa shape index (κ3) is 2.34. The first-order chi connectivity index (χ1) is 7.31. The Kier molecular flexibility index (Phi) is 3.30. The highest BCUT2D eigenvalue weighted by Crippen LogP contribution is 2.38. The molecule has 1 fully saturated rings. The molecule has 0 atom stereocenters. The molecule has 2 N–H and O–H groups in total. The van der Waals surface area contributed by atoms with E-state index in [4.69, 9.17) is 5.73 Å². The summed E-state index contributed by atoms with van der Waals surface area (Å²) in [5, 5.41) is 0. The number of nitrogens with two attached hydrogens (primary N) is 1. The van der Waals surface area contributed by atoms with Gasteiger partial charge in [0, 0.05) is 5.69 Å². The number of hydrogen-bond acceptors (Lipinski definition) is 1. The van der Waals surface area contributed by atoms with Gasteiger partial charge in [-0.2, -0.15) is 0 Å². The first-order valence-electron chi connectivity index (χ1n) is 6.15. The summed E-state index contributed by atoms with van der Waals surface area (Å²) in [5.74, 6) is 1.68. The molecule has 0 radical (unpaired) electrons. The van der Waals surface area contributed by atoms with Gasteiger partial charge in [0.1, 0.15) is 0 Å². The van der Waals surface area contributed by atoms with Crippen LogP contribution in [0.5, 0.6) is 0 Å². The highest BCUT2D eigenvalue weighted by Gasteiger charge is 2.22. The van der Waals surface area contributed by atoms with Crippen molar-refractivity contribution in [3.8, 4) is 0 Å². The van der Waals surface area contributed by atoms with Crippen LogP contribution in [-0.2, 0) is 0 Å². The molecule has 2 rings (SSSR count). The number of benzene rings is 1. The smallest absolute Gasteiger partial charge is 0.0349 e. The second-order valence-corrected chi connectivity index (χ2v) is 4.75. The van der Waals surface area contributed by atoms with E-state index in [2.05, 4.69) is 19.1 Å². The summed E-state index contributed by atoms with van der Waals surface area (Å²) >= 11 is 0. The second kappa shape index (κ2) is 4.69. The number of para-hydroxylation sites is 1. The minimum Gasteiger partial charge on any atom is -0.398 e. The van der Waals surface area contributed by atoms with E-state index in [0.717, 1.165) is 11.6 Å². The van der Waals surface area contributed by atoms with Gasteiger partial charge in [-0.25, -0.2) is 0 Å². The first kappa shape index (κ1) is 10.5. The molecule has 0 amide bonds. The van der Waals surface area contributed by atoms with E-state index >= 15 is 0 Å². The highest BCUT2D eigenvalue weighted by molar-refractivity contribution is 5.48. The normalized spacial score (nSPS) is 26.5. The molecule has 0 aromatic heterocycles. The molecule has 0 aliphatic heterocycles. The summed E-state index contributed by atoms with van der Waals surface area (Å²) in [5.41, 5.74) is 8.38. The van der Waals surface area contributed by atoms with Gasteiger partial charge in [-0.15, -0.1) is 0 Å². The number of hydrogen-bond donors (Lipinski definition) is 1. The van der Waals surface area contributed by atoms with Gasteiger partial charge in [0.2, 0.25) is 0 Å². The predicted molar refractivity (Wildman–Crippen MR) is 65.8 cm³/mol. The third-order valence-electron chi connectivity index (χ3n) is 3.86. The molecule has 1 nitrogen and oxygen atoms in total. The van der Waals surface area contributed by atoms with Crippen LogP contribution in [0.4, 0.5) is 5.69 Å². The van der Waals surface area contributed by atoms with Gasteiger partial charge in [-0.3, -0.25) is 0 Å². The van der Waals surface area contributed by atoms with Crippen molar-refractivity contribution in [2.75, 3.05) is 5.73 Å². The van der Waals surface area contributed by atoms with Crippen molar-refractivity contribution in [2.24, 2.45) is 5.92 Å². The molecule has 1 aromatic rings. The Hall–Kier alpha value is -0.980. The average molecular weight is 203 g/mol. The van der Waals surface area contributed by atoms with E-state index < -0.39 is 0 Å². The summed E-state index contributed by atoms with van der Waals surface area (Å²) in [6.45, 7) is 2.31. The van der Waals surface area contributed by atoms with Crippen molar-refractivity contribution < 1.29 is 0 Å². The zero-order valence-corrected chi connectivity index (χ0v) is 9.58. The van der Waals surface area contributed by atoms with E-state index in [0.29, 0.717) is 5.92 Å². The van der Waals surface area contributed by atoms with Gasteiger partial charge >= 0.3 is 0 Å². The quantitative estimate of drug-likeness (QED) is 0.723. The monoisotopic (exact) mass is 203 g/mol. The summed E-state index contributed by atoms with van der Waals surface area (Å²) in [7, 11) is 0. The van der Waals surface area contributed by atoms with Crippen LogP contribution < -0.4 is 5.73 Å². The fraction of sp³-hybridized carbons (Fsp3) is 0.571. The Labute approximate surface area is 92.7 Å². The maximum absolute atomic E-state index is 6.02. The van der Waals surface area contributed by atoms with Crippen LogP contribution in [-0.4, -0.2) is 0 Å². The minimum atomic E-state index is 0.717. The molecular weight excluding hydrogens is 182 g/mol. The Morgan fingerprint density at radius 3 is 2.40 bits per heavy atom. The van der Waals surface area contributed by atoms with Crippen molar-refractivity contribution in [1.82, 2.24) is 0 Å². The number of nitrogen functional groups attached to an aromatic ring is 1. The topological polar surface area (TPSA) is 26.0 Å². The maximum Gasteiger partial charge on any atom is 0.0349 e. The van der Waals surface area contributed by atoms with Crippen molar-refractivity contribution in [2.45, 2.75) is 44.9 Å². The molecule has 15 heavy (non-hydrogen) atoms. The van der Waals surface area contributed by atoms with Gasteiger partial charge in [0.25, 0.3) is 0 Å². The van der Waals surface area contributed by atoms with Crippen molar-refractivity contribution in [3.63, 3.8) is 0 Å². The van der Waals surface area contributed by atoms with Crippen molar-refractivity contribution >= 4 is 5.69 Å². The second-order valence-electron chi connectivity index (χ2n) is 4.75. The average Bonchev–Trinajstić information content (AvgIpc) is 2.30. The maximum atomic E-state index is 6.02. The SMILES string of the molecule is CC[C@H]1CC[C@@H](c2ccccc2N)CC1. The van der Waals surface area contributed by atoms with Crippen LogP contribution in [0.2, 0.25) is 0 Å². The molecule has 1 heteroatoms. The van der Waals surface area contributed by atoms with Crippen molar-refractivity contribution in [3.05, 3.63) is 29.8 Å². The van der Waals surface area contributed by atoms with E-state index in [1.165, 1.54) is 37.7 Å². The molecule has 0 unspecified atom stereocenters. The Morgan fingerprint density at radius 1 is 1.13 bits per heavy atom. The molecule has 0 spiro atoms. The molecule has 1 saturated carbocycles. The zero-order chi connectivity index (χ0) is 10.7. The summed E-state index contributed by atoms with van der Waals surface area (Å²) < 4.78 is 0. The van der Waals surface area contributed by atoms with Crippen LogP contribution in [0.25, 0.3) is 0 Å². The lowest BCUT2D eigenvalue weighted by Gasteiger charge is -2.28. The van der Waals surface area contributed by atoms with Gasteiger partial charge < -0.3 is 5.73 Å². The van der Waals surface area contributed by atoms with E-state index in [9.17, 15) is 0 Å². The van der Waals surface area contributed by atoms with E-state index in [1.54, 1.807) is 0 Å². The van der Waals surface area contributed by atoms with Crippen LogP contribution in [0.1, 0.15) is 50.5 Å². The predicted octanol–water partition coefficient (Wildman–Crippen LogP) is 3.95. The van der Waals surface area contributed by atoms with Gasteiger partial charge in [-0.1, -0.05) is 31.5 Å². The molecule has 1 aromatic carbocycles. The Bertz CT molecular complexity index is 311. The molecule has 0 heterocycles. The highest BCUT2D eigenvalue weighted by atomic mass is 14.6. The van der Waals surface area contributed by atoms with E-state index in [1.807, 2.05) is 12.1 Å². The van der Waals surface area contributed by atoms with Crippen LogP contribution >= 0.6 is 0 Å². The lowest BCUT2D eigenvalue weighted by Crippen LogP contribution is -2.13. The van der Waals surface area contributed by atoms with Gasteiger partial charge in [-0.05, 0) is 49.1 Å². The summed E-state index contributed by atoms with van der Waals surface area (Å²) in [6, 6.07) is 8.36. The standard InChI is InChI=1S/C14H21N/c1-2-11-7-9-12(10-8-11)13-5-3-4-6-14(13)15/h3-6,11-12H,2,7-10,15H2,1H3/t11-,12+. The molecular formula is C14H21N. The lowest BCUT2D eigenvalue weighted by molar-refractivity contribution is 0.319. The van der Waals surface area contributed by atoms with E-state index in [-0.39, 0.29) is 0 Å². The molecule has 0 saturated heterocycles. The van der Waals surface area contributed by atoms with Gasteiger partial charge in [0.05, 0.1) is 0 Å². The molecule has 1 aliphatic carbocycles. The Morgan fingerprint density at radius 2 is 1.80 bits per heavy atom. The van der Waals surface area contributed by atoms with Crippen LogP contribution in [0.15, 0.2) is 24.3 Å². The molecule has 0 bridgehead atoms. The lowest BCUT2D eigenvalue weighted by atomic mass is 9.77. The summed E-state index contributed by atoms with van der Waals surface area (Å²) in [6.07, 6.45) is 6.77. The van der Waals surface area contributed by atoms with Crippen LogP contribution in [0, 0.1) is 5.92 Å². The van der Waals surface area contributed by atoms with Crippen LogP contribution in [0.3, 0.4) is 0 Å². The fourth-order valence-corrected chi connectivity index (χ4v) is 2.76. The number of anilines is 1. The minimum absolute atomic E-state index is 0.717. The number of rotatable bonds is 2. The van der Waals surface area contributed by atoms with Gasteiger partial charge in [0.15, 0.2) is 0 Å². The Balaban J connectivity index is 2.04. The molecule has 82 valence electrons. The fourth-order valence-electron chi connectivity index (χ4n) is 2.76. The first-order valence-corrected chi connectivity index (χ1v) is 6.15.